The van der Waals surface area contributed by atoms with Gasteiger partial charge in [-0.2, -0.15) is 0 Å². The van der Waals surface area contributed by atoms with Crippen LogP contribution >= 0.6 is 11.3 Å². The normalized spacial score (nSPS) is 15.7. The van der Waals surface area contributed by atoms with Crippen molar-refractivity contribution >= 4 is 34.0 Å². The molecule has 1 aliphatic rings. The first-order valence-electron chi connectivity index (χ1n) is 8.59. The van der Waals surface area contributed by atoms with Gasteiger partial charge in [0, 0.05) is 22.6 Å². The molecule has 0 aliphatic heterocycles. The van der Waals surface area contributed by atoms with Crippen molar-refractivity contribution in [1.29, 1.82) is 0 Å². The average Bonchev–Trinajstić information content (AvgIpc) is 3.07. The Labute approximate surface area is 159 Å². The van der Waals surface area contributed by atoms with Gasteiger partial charge in [-0.15, -0.1) is 11.3 Å². The van der Waals surface area contributed by atoms with Gasteiger partial charge in [0.25, 0.3) is 11.6 Å². The number of ether oxygens (including phenoxy) is 1. The zero-order chi connectivity index (χ0) is 19.6. The zero-order valence-electron chi connectivity index (χ0n) is 15.0. The van der Waals surface area contributed by atoms with Crippen LogP contribution in [0.15, 0.2) is 18.2 Å². The molecule has 1 aromatic heterocycles. The van der Waals surface area contributed by atoms with Crippen LogP contribution in [-0.2, 0) is 17.6 Å². The molecule has 2 aromatic rings. The van der Waals surface area contributed by atoms with Crippen LogP contribution in [0, 0.1) is 16.0 Å². The summed E-state index contributed by atoms with van der Waals surface area (Å²) in [5, 5.41) is 14.3. The van der Waals surface area contributed by atoms with Crippen molar-refractivity contribution in [1.82, 2.24) is 4.98 Å². The number of fused-ring (bicyclic) bond motifs is 1. The van der Waals surface area contributed by atoms with Crippen LogP contribution in [-0.4, -0.2) is 28.9 Å². The number of carbonyl (C=O) groups is 2. The van der Waals surface area contributed by atoms with Crippen LogP contribution in [0.4, 0.5) is 10.8 Å². The number of aryl methyl sites for hydroxylation is 1. The third-order valence-electron chi connectivity index (χ3n) is 4.65. The topological polar surface area (TPSA) is 111 Å². The number of nitrogens with zero attached hydrogens (tertiary/aromatic N) is 2. The first-order chi connectivity index (χ1) is 12.9. The van der Waals surface area contributed by atoms with E-state index in [2.05, 4.69) is 22.0 Å². The SMILES string of the molecule is CCC1CCc2nc(NC(=O)c3cc(C(=O)OC)cc([N+](=O)[O-])c3)sc2C1. The molecule has 1 heterocycles. The van der Waals surface area contributed by atoms with Gasteiger partial charge in [-0.05, 0) is 31.2 Å². The smallest absolute Gasteiger partial charge is 0.338 e. The van der Waals surface area contributed by atoms with Crippen molar-refractivity contribution in [3.05, 3.63) is 50.0 Å². The molecule has 9 heteroatoms. The molecule has 1 aliphatic carbocycles. The van der Waals surface area contributed by atoms with E-state index in [9.17, 15) is 19.7 Å². The van der Waals surface area contributed by atoms with Gasteiger partial charge in [0.05, 0.1) is 23.3 Å². The Bertz CT molecular complexity index is 908. The number of hydrogen-bond acceptors (Lipinski definition) is 7. The Hall–Kier alpha value is -2.81. The number of benzene rings is 1. The van der Waals surface area contributed by atoms with Gasteiger partial charge in [-0.25, -0.2) is 9.78 Å². The van der Waals surface area contributed by atoms with E-state index < -0.39 is 16.8 Å². The minimum Gasteiger partial charge on any atom is -0.465 e. The second-order valence-corrected chi connectivity index (χ2v) is 7.46. The Balaban J connectivity index is 1.84. The number of rotatable bonds is 5. The fraction of sp³-hybridized carbons (Fsp3) is 0.389. The minimum atomic E-state index is -0.747. The van der Waals surface area contributed by atoms with E-state index in [0.717, 1.165) is 43.5 Å². The number of aromatic nitrogens is 1. The number of nitro benzene ring substituents is 1. The molecule has 27 heavy (non-hydrogen) atoms. The van der Waals surface area contributed by atoms with Crippen molar-refractivity contribution < 1.29 is 19.2 Å². The summed E-state index contributed by atoms with van der Waals surface area (Å²) in [7, 11) is 1.17. The number of amides is 1. The van der Waals surface area contributed by atoms with Crippen molar-refractivity contribution in [3.63, 3.8) is 0 Å². The Morgan fingerprint density at radius 1 is 1.37 bits per heavy atom. The summed E-state index contributed by atoms with van der Waals surface area (Å²) in [6, 6.07) is 3.48. The lowest BCUT2D eigenvalue weighted by Crippen LogP contribution is -2.14. The maximum atomic E-state index is 12.6. The van der Waals surface area contributed by atoms with E-state index in [0.29, 0.717) is 11.0 Å². The Morgan fingerprint density at radius 3 is 2.78 bits per heavy atom. The summed E-state index contributed by atoms with van der Waals surface area (Å²) in [6.45, 7) is 2.17. The summed E-state index contributed by atoms with van der Waals surface area (Å²) < 4.78 is 4.60. The third-order valence-corrected chi connectivity index (χ3v) is 5.69. The monoisotopic (exact) mass is 389 g/mol. The van der Waals surface area contributed by atoms with Crippen LogP contribution < -0.4 is 5.32 Å². The number of non-ortho nitro benzene ring substituents is 1. The molecule has 3 rings (SSSR count). The number of nitrogens with one attached hydrogen (secondary N) is 1. The van der Waals surface area contributed by atoms with Gasteiger partial charge in [-0.3, -0.25) is 20.2 Å². The number of hydrogen-bond donors (Lipinski definition) is 1. The lowest BCUT2D eigenvalue weighted by atomic mass is 9.89. The van der Waals surface area contributed by atoms with Gasteiger partial charge in [0.1, 0.15) is 0 Å². The van der Waals surface area contributed by atoms with Gasteiger partial charge in [0.15, 0.2) is 5.13 Å². The van der Waals surface area contributed by atoms with E-state index >= 15 is 0 Å². The number of nitro groups is 1. The maximum absolute atomic E-state index is 12.6. The van der Waals surface area contributed by atoms with E-state index in [4.69, 9.17) is 0 Å². The number of methoxy groups -OCH3 is 1. The molecule has 1 unspecified atom stereocenters. The molecule has 0 bridgehead atoms. The second kappa shape index (κ2) is 7.83. The highest BCUT2D eigenvalue weighted by Gasteiger charge is 2.23. The largest absolute Gasteiger partial charge is 0.465 e. The van der Waals surface area contributed by atoms with Crippen molar-refractivity contribution in [2.45, 2.75) is 32.6 Å². The minimum absolute atomic E-state index is 0.00390. The predicted octanol–water partition coefficient (Wildman–Crippen LogP) is 3.61. The quantitative estimate of drug-likeness (QED) is 0.475. The fourth-order valence-electron chi connectivity index (χ4n) is 3.10. The highest BCUT2D eigenvalue weighted by Crippen LogP contribution is 2.33. The van der Waals surface area contributed by atoms with Crippen LogP contribution in [0.1, 0.15) is 51.1 Å². The molecule has 0 saturated carbocycles. The zero-order valence-corrected chi connectivity index (χ0v) is 15.8. The van der Waals surface area contributed by atoms with Gasteiger partial charge >= 0.3 is 5.97 Å². The molecule has 1 atom stereocenters. The predicted molar refractivity (Wildman–Crippen MR) is 100 cm³/mol. The highest BCUT2D eigenvalue weighted by molar-refractivity contribution is 7.15. The van der Waals surface area contributed by atoms with Crippen molar-refractivity contribution in [3.8, 4) is 0 Å². The third kappa shape index (κ3) is 4.13. The standard InChI is InChI=1S/C18H19N3O5S/c1-3-10-4-5-14-15(6-10)27-18(19-14)20-16(22)11-7-12(17(23)26-2)9-13(8-11)21(24)25/h7-10H,3-6H2,1-2H3,(H,19,20,22). The lowest BCUT2D eigenvalue weighted by molar-refractivity contribution is -0.384. The van der Waals surface area contributed by atoms with Crippen LogP contribution in [0.2, 0.25) is 0 Å². The van der Waals surface area contributed by atoms with Crippen molar-refractivity contribution in [2.75, 3.05) is 12.4 Å². The summed E-state index contributed by atoms with van der Waals surface area (Å²) in [5.41, 5.74) is 0.604. The maximum Gasteiger partial charge on any atom is 0.338 e. The molecule has 0 fully saturated rings. The molecule has 0 spiro atoms. The summed E-state index contributed by atoms with van der Waals surface area (Å²) in [5.74, 6) is -0.661. The summed E-state index contributed by atoms with van der Waals surface area (Å²) in [4.78, 5) is 40.4. The average molecular weight is 389 g/mol. The Kier molecular flexibility index (Phi) is 5.50. The molecular weight excluding hydrogens is 370 g/mol. The number of esters is 1. The van der Waals surface area contributed by atoms with Crippen LogP contribution in [0.25, 0.3) is 0 Å². The molecule has 1 amide bonds. The van der Waals surface area contributed by atoms with E-state index in [-0.39, 0.29) is 16.8 Å². The van der Waals surface area contributed by atoms with Gasteiger partial charge in [0.2, 0.25) is 0 Å². The number of anilines is 1. The van der Waals surface area contributed by atoms with Gasteiger partial charge in [-0.1, -0.05) is 13.3 Å². The van der Waals surface area contributed by atoms with E-state index in [1.165, 1.54) is 29.4 Å². The van der Waals surface area contributed by atoms with Crippen LogP contribution in [0.3, 0.4) is 0 Å². The van der Waals surface area contributed by atoms with Gasteiger partial charge < -0.3 is 4.74 Å². The lowest BCUT2D eigenvalue weighted by Gasteiger charge is -2.18. The first kappa shape index (κ1) is 19.0. The van der Waals surface area contributed by atoms with Crippen LogP contribution in [0.5, 0.6) is 0 Å². The second-order valence-electron chi connectivity index (χ2n) is 6.38. The first-order valence-corrected chi connectivity index (χ1v) is 9.40. The molecular formula is C18H19N3O5S. The molecule has 142 valence electrons. The highest BCUT2D eigenvalue weighted by atomic mass is 32.1. The molecule has 0 radical (unpaired) electrons. The molecule has 1 aromatic carbocycles. The van der Waals surface area contributed by atoms with E-state index in [1.807, 2.05) is 0 Å². The fourth-order valence-corrected chi connectivity index (χ4v) is 4.22. The number of carbonyl (C=O) groups excluding carboxylic acids is 2. The Morgan fingerprint density at radius 2 is 2.11 bits per heavy atom. The van der Waals surface area contributed by atoms with Crippen molar-refractivity contribution in [2.24, 2.45) is 5.92 Å². The molecule has 1 N–H and O–H groups in total. The molecule has 0 saturated heterocycles. The summed E-state index contributed by atoms with van der Waals surface area (Å²) >= 11 is 1.43. The number of thiazole rings is 1. The summed E-state index contributed by atoms with van der Waals surface area (Å²) in [6.07, 6.45) is 4.06. The van der Waals surface area contributed by atoms with E-state index in [1.54, 1.807) is 0 Å². The molecule has 8 nitrogen and oxygen atoms in total.